The van der Waals surface area contributed by atoms with Crippen molar-refractivity contribution in [2.75, 3.05) is 13.1 Å². The Morgan fingerprint density at radius 3 is 2.78 bits per heavy atom. The van der Waals surface area contributed by atoms with Crippen LogP contribution in [-0.2, 0) is 13.0 Å². The summed E-state index contributed by atoms with van der Waals surface area (Å²) in [7, 11) is 0. The molecule has 0 aliphatic rings. The van der Waals surface area contributed by atoms with Gasteiger partial charge in [0.1, 0.15) is 12.3 Å². The maximum atomic E-state index is 11.1. The Kier molecular flexibility index (Phi) is 5.80. The number of nitrogens with two attached hydrogens (primary N) is 1. The molecular weight excluding hydrogens is 342 g/mol. The van der Waals surface area contributed by atoms with Crippen LogP contribution in [0.25, 0.3) is 10.9 Å². The number of nitrogens with zero attached hydrogens (tertiary/aromatic N) is 1. The molecule has 3 aromatic rings. The molecule has 7 heteroatoms. The first-order valence-electron chi connectivity index (χ1n) is 9.05. The predicted molar refractivity (Wildman–Crippen MR) is 107 cm³/mol. The van der Waals surface area contributed by atoms with Gasteiger partial charge in [0.2, 0.25) is 0 Å². The van der Waals surface area contributed by atoms with Crippen LogP contribution in [0.2, 0.25) is 0 Å². The molecule has 1 aromatic carbocycles. The van der Waals surface area contributed by atoms with Crippen molar-refractivity contribution in [1.82, 2.24) is 15.6 Å². The topological polar surface area (TPSA) is 108 Å². The van der Waals surface area contributed by atoms with Crippen LogP contribution < -0.4 is 16.4 Å². The summed E-state index contributed by atoms with van der Waals surface area (Å²) in [5.41, 5.74) is 8.86. The first-order valence-corrected chi connectivity index (χ1v) is 9.05. The van der Waals surface area contributed by atoms with E-state index in [0.717, 1.165) is 25.0 Å². The molecule has 0 aliphatic heterocycles. The number of hydrogen-bond acceptors (Lipinski definition) is 3. The molecule has 0 bridgehead atoms. The molecule has 0 radical (unpaired) electrons. The smallest absolute Gasteiger partial charge is 0.284 e. The van der Waals surface area contributed by atoms with Crippen LogP contribution in [0.5, 0.6) is 0 Å². The third-order valence-electron chi connectivity index (χ3n) is 4.34. The number of carbonyl (C=O) groups is 1. The monoisotopic (exact) mass is 367 g/mol. The molecule has 27 heavy (non-hydrogen) atoms. The van der Waals surface area contributed by atoms with Crippen LogP contribution in [-0.4, -0.2) is 29.9 Å². The van der Waals surface area contributed by atoms with Crippen molar-refractivity contribution < 1.29 is 9.21 Å². The van der Waals surface area contributed by atoms with E-state index in [-0.39, 0.29) is 5.76 Å². The quantitative estimate of drug-likeness (QED) is 0.380. The zero-order chi connectivity index (χ0) is 19.2. The van der Waals surface area contributed by atoms with Gasteiger partial charge in [-0.1, -0.05) is 18.2 Å². The first-order chi connectivity index (χ1) is 13.1. The molecule has 5 N–H and O–H groups in total. The zero-order valence-corrected chi connectivity index (χ0v) is 15.6. The maximum absolute atomic E-state index is 11.1. The molecule has 1 amide bonds. The molecule has 2 aromatic heterocycles. The minimum absolute atomic E-state index is 0.146. The average Bonchev–Trinajstić information content (AvgIpc) is 3.24. The third-order valence-corrected chi connectivity index (χ3v) is 4.34. The fourth-order valence-electron chi connectivity index (χ4n) is 3.06. The van der Waals surface area contributed by atoms with Crippen molar-refractivity contribution in [3.63, 3.8) is 0 Å². The van der Waals surface area contributed by atoms with Crippen molar-refractivity contribution in [2.24, 2.45) is 10.7 Å². The Hall–Kier alpha value is -3.22. The summed E-state index contributed by atoms with van der Waals surface area (Å²) in [6.45, 7) is 5.94. The molecule has 7 nitrogen and oxygen atoms in total. The van der Waals surface area contributed by atoms with Crippen LogP contribution in [0.1, 0.15) is 34.5 Å². The van der Waals surface area contributed by atoms with Crippen LogP contribution in [0, 0.1) is 6.92 Å². The molecule has 0 fully saturated rings. The van der Waals surface area contributed by atoms with Crippen molar-refractivity contribution in [1.29, 1.82) is 0 Å². The summed E-state index contributed by atoms with van der Waals surface area (Å²) in [5.74, 6) is 0.859. The number of aromatic nitrogens is 1. The number of aryl methyl sites for hydroxylation is 1. The second kappa shape index (κ2) is 8.44. The Morgan fingerprint density at radius 1 is 1.22 bits per heavy atom. The number of rotatable bonds is 7. The number of benzene rings is 1. The van der Waals surface area contributed by atoms with E-state index < -0.39 is 5.91 Å². The van der Waals surface area contributed by atoms with Gasteiger partial charge >= 0.3 is 0 Å². The molecule has 142 valence electrons. The summed E-state index contributed by atoms with van der Waals surface area (Å²) in [6.07, 6.45) is 0.882. The molecule has 0 aliphatic carbocycles. The van der Waals surface area contributed by atoms with E-state index in [9.17, 15) is 4.79 Å². The van der Waals surface area contributed by atoms with E-state index in [1.54, 1.807) is 12.1 Å². The molecule has 3 rings (SSSR count). The van der Waals surface area contributed by atoms with Gasteiger partial charge in [0.25, 0.3) is 5.91 Å². The van der Waals surface area contributed by atoms with Crippen molar-refractivity contribution in [3.8, 4) is 0 Å². The number of guanidine groups is 1. The first kappa shape index (κ1) is 18.6. The normalized spacial score (nSPS) is 11.7. The minimum atomic E-state index is -0.579. The number of carbonyl (C=O) groups excluding carboxylic acids is 1. The van der Waals surface area contributed by atoms with E-state index in [1.807, 2.05) is 13.0 Å². The van der Waals surface area contributed by atoms with Crippen LogP contribution >= 0.6 is 0 Å². The lowest BCUT2D eigenvalue weighted by Crippen LogP contribution is -2.38. The van der Waals surface area contributed by atoms with Crippen LogP contribution in [0.4, 0.5) is 0 Å². The second-order valence-electron chi connectivity index (χ2n) is 6.28. The number of aliphatic imine (C=N–C) groups is 1. The molecule has 0 saturated carbocycles. The number of H-pyrrole nitrogens is 1. The number of amides is 1. The average molecular weight is 367 g/mol. The van der Waals surface area contributed by atoms with Crippen molar-refractivity contribution >= 4 is 22.8 Å². The number of hydrogen-bond donors (Lipinski definition) is 4. The fourth-order valence-corrected chi connectivity index (χ4v) is 3.06. The highest BCUT2D eigenvalue weighted by Gasteiger charge is 2.09. The Morgan fingerprint density at radius 2 is 2.04 bits per heavy atom. The van der Waals surface area contributed by atoms with Gasteiger partial charge in [-0.25, -0.2) is 4.99 Å². The van der Waals surface area contributed by atoms with Gasteiger partial charge in [-0.3, -0.25) is 4.79 Å². The van der Waals surface area contributed by atoms with Gasteiger partial charge < -0.3 is 25.8 Å². The van der Waals surface area contributed by atoms with Gasteiger partial charge in [0.15, 0.2) is 11.7 Å². The lowest BCUT2D eigenvalue weighted by Gasteiger charge is -2.11. The van der Waals surface area contributed by atoms with Crippen LogP contribution in [0.3, 0.4) is 0 Å². The third kappa shape index (κ3) is 4.49. The number of aromatic amines is 1. The summed E-state index contributed by atoms with van der Waals surface area (Å²) in [6, 6.07) is 11.6. The maximum Gasteiger partial charge on any atom is 0.284 e. The number of nitrogens with one attached hydrogen (secondary N) is 3. The molecule has 0 saturated heterocycles. The van der Waals surface area contributed by atoms with Crippen LogP contribution in [0.15, 0.2) is 45.8 Å². The van der Waals surface area contributed by atoms with E-state index in [2.05, 4.69) is 45.7 Å². The van der Waals surface area contributed by atoms with Gasteiger partial charge in [-0.15, -0.1) is 0 Å². The Labute approximate surface area is 158 Å². The van der Waals surface area contributed by atoms with Gasteiger partial charge in [-0.2, -0.15) is 0 Å². The number of fused-ring (bicyclic) bond motifs is 1. The fraction of sp³-hybridized carbons (Fsp3) is 0.300. The largest absolute Gasteiger partial charge is 0.454 e. The SMILES string of the molecule is CCNC(=NCc1ccc(C(N)=O)o1)NCCc1c(C)[nH]c2ccccc12. The number of primary amides is 1. The van der Waals surface area contributed by atoms with E-state index in [4.69, 9.17) is 10.2 Å². The highest BCUT2D eigenvalue weighted by molar-refractivity contribution is 5.89. The van der Waals surface area contributed by atoms with Gasteiger partial charge in [-0.05, 0) is 44.0 Å². The van der Waals surface area contributed by atoms with Gasteiger partial charge in [0.05, 0.1) is 0 Å². The number of para-hydroxylation sites is 1. The molecule has 0 atom stereocenters. The summed E-state index contributed by atoms with van der Waals surface area (Å²) < 4.78 is 5.36. The highest BCUT2D eigenvalue weighted by atomic mass is 16.3. The Bertz CT molecular complexity index is 954. The predicted octanol–water partition coefficient (Wildman–Crippen LogP) is 2.47. The van der Waals surface area contributed by atoms with E-state index >= 15 is 0 Å². The highest BCUT2D eigenvalue weighted by Crippen LogP contribution is 2.21. The van der Waals surface area contributed by atoms with E-state index in [0.29, 0.717) is 18.3 Å². The van der Waals surface area contributed by atoms with Crippen molar-refractivity contribution in [2.45, 2.75) is 26.8 Å². The molecule has 2 heterocycles. The van der Waals surface area contributed by atoms with Gasteiger partial charge in [0, 0.05) is 29.7 Å². The molecular formula is C20H25N5O2. The summed E-state index contributed by atoms with van der Waals surface area (Å²) >= 11 is 0. The lowest BCUT2D eigenvalue weighted by molar-refractivity contribution is 0.0972. The standard InChI is InChI=1S/C20H25N5O2/c1-3-22-20(24-12-14-8-9-18(27-14)19(21)26)23-11-10-15-13(2)25-17-7-5-4-6-16(15)17/h4-9,25H,3,10-12H2,1-2H3,(H2,21,26)(H2,22,23,24). The second-order valence-corrected chi connectivity index (χ2v) is 6.28. The summed E-state index contributed by atoms with van der Waals surface area (Å²) in [4.78, 5) is 19.0. The lowest BCUT2D eigenvalue weighted by atomic mass is 10.1. The number of furan rings is 1. The summed E-state index contributed by atoms with van der Waals surface area (Å²) in [5, 5.41) is 7.81. The molecule has 0 spiro atoms. The minimum Gasteiger partial charge on any atom is -0.454 e. The zero-order valence-electron chi connectivity index (χ0n) is 15.6. The molecule has 0 unspecified atom stereocenters. The van der Waals surface area contributed by atoms with E-state index in [1.165, 1.54) is 16.6 Å². The van der Waals surface area contributed by atoms with Crippen molar-refractivity contribution in [3.05, 3.63) is 59.2 Å². The Balaban J connectivity index is 1.62.